The molecule has 7 heteroatoms. The lowest BCUT2D eigenvalue weighted by Gasteiger charge is -2.21. The maximum absolute atomic E-state index is 13.1. The number of halogens is 2. The fourth-order valence-electron chi connectivity index (χ4n) is 1.85. The zero-order valence-electron chi connectivity index (χ0n) is 11.8. The summed E-state index contributed by atoms with van der Waals surface area (Å²) in [6, 6.07) is 6.42. The molecule has 0 radical (unpaired) electrons. The van der Waals surface area contributed by atoms with Crippen LogP contribution >= 0.6 is 11.6 Å². The van der Waals surface area contributed by atoms with Crippen molar-refractivity contribution in [3.05, 3.63) is 52.6 Å². The predicted molar refractivity (Wildman–Crippen MR) is 79.6 cm³/mol. The summed E-state index contributed by atoms with van der Waals surface area (Å²) in [5.41, 5.74) is 1.68. The van der Waals surface area contributed by atoms with E-state index < -0.39 is 5.82 Å². The lowest BCUT2D eigenvalue weighted by atomic mass is 10.2. The average Bonchev–Trinajstić information content (AvgIpc) is 2.96. The minimum atomic E-state index is -0.423. The Kier molecular flexibility index (Phi) is 5.16. The Morgan fingerprint density at radius 1 is 1.48 bits per heavy atom. The molecule has 1 heterocycles. The fourth-order valence-corrected chi connectivity index (χ4v) is 2.06. The Hall–Kier alpha value is -2.08. The molecule has 1 aromatic carbocycles. The Morgan fingerprint density at radius 2 is 2.29 bits per heavy atom. The molecule has 1 N–H and O–H groups in total. The monoisotopic (exact) mass is 310 g/mol. The SMILES string of the molecule is CN=C(NCc1ccc(F)c(Cl)c1)N(C)Cc1ccon1. The van der Waals surface area contributed by atoms with Crippen molar-refractivity contribution in [2.75, 3.05) is 14.1 Å². The number of hydrogen-bond acceptors (Lipinski definition) is 3. The van der Waals surface area contributed by atoms with Crippen LogP contribution in [-0.4, -0.2) is 30.1 Å². The molecule has 0 saturated heterocycles. The molecule has 112 valence electrons. The van der Waals surface area contributed by atoms with E-state index in [4.69, 9.17) is 16.1 Å². The van der Waals surface area contributed by atoms with Gasteiger partial charge in [-0.15, -0.1) is 0 Å². The highest BCUT2D eigenvalue weighted by atomic mass is 35.5. The van der Waals surface area contributed by atoms with Gasteiger partial charge < -0.3 is 14.7 Å². The third kappa shape index (κ3) is 4.19. The van der Waals surface area contributed by atoms with Gasteiger partial charge >= 0.3 is 0 Å². The summed E-state index contributed by atoms with van der Waals surface area (Å²) >= 11 is 5.76. The number of benzene rings is 1. The van der Waals surface area contributed by atoms with Gasteiger partial charge in [-0.1, -0.05) is 22.8 Å². The molecule has 0 saturated carbocycles. The van der Waals surface area contributed by atoms with Crippen LogP contribution in [-0.2, 0) is 13.1 Å². The largest absolute Gasteiger partial charge is 0.364 e. The molecule has 2 aromatic rings. The smallest absolute Gasteiger partial charge is 0.194 e. The highest BCUT2D eigenvalue weighted by molar-refractivity contribution is 6.30. The second-order valence-electron chi connectivity index (χ2n) is 4.50. The lowest BCUT2D eigenvalue weighted by molar-refractivity contribution is 0.391. The molecule has 0 amide bonds. The number of aliphatic imine (C=N–C) groups is 1. The Morgan fingerprint density at radius 3 is 2.90 bits per heavy atom. The van der Waals surface area contributed by atoms with Crippen LogP contribution in [0.15, 0.2) is 40.0 Å². The van der Waals surface area contributed by atoms with Gasteiger partial charge in [0.05, 0.1) is 11.6 Å². The molecule has 5 nitrogen and oxygen atoms in total. The molecule has 0 spiro atoms. The number of aromatic nitrogens is 1. The van der Waals surface area contributed by atoms with Crippen molar-refractivity contribution >= 4 is 17.6 Å². The van der Waals surface area contributed by atoms with E-state index in [1.807, 2.05) is 11.9 Å². The first-order valence-electron chi connectivity index (χ1n) is 6.35. The first-order chi connectivity index (χ1) is 10.1. The van der Waals surface area contributed by atoms with Gasteiger partial charge in [-0.2, -0.15) is 0 Å². The van der Waals surface area contributed by atoms with Crippen molar-refractivity contribution in [1.82, 2.24) is 15.4 Å². The quantitative estimate of drug-likeness (QED) is 0.697. The van der Waals surface area contributed by atoms with Gasteiger partial charge in [0.2, 0.25) is 0 Å². The number of hydrogen-bond donors (Lipinski definition) is 1. The number of guanidine groups is 1. The molecule has 0 aliphatic rings. The molecule has 1 aromatic heterocycles. The first kappa shape index (κ1) is 15.3. The van der Waals surface area contributed by atoms with Crippen molar-refractivity contribution in [3.63, 3.8) is 0 Å². The van der Waals surface area contributed by atoms with E-state index in [0.29, 0.717) is 19.0 Å². The summed E-state index contributed by atoms with van der Waals surface area (Å²) in [6.45, 7) is 1.07. The molecule has 2 rings (SSSR count). The van der Waals surface area contributed by atoms with E-state index in [-0.39, 0.29) is 5.02 Å². The van der Waals surface area contributed by atoms with E-state index in [1.54, 1.807) is 25.2 Å². The van der Waals surface area contributed by atoms with Crippen LogP contribution in [0.1, 0.15) is 11.3 Å². The van der Waals surface area contributed by atoms with Gasteiger partial charge in [-0.25, -0.2) is 4.39 Å². The van der Waals surface area contributed by atoms with Crippen molar-refractivity contribution in [2.24, 2.45) is 4.99 Å². The average molecular weight is 311 g/mol. The van der Waals surface area contributed by atoms with Crippen molar-refractivity contribution in [1.29, 1.82) is 0 Å². The fraction of sp³-hybridized carbons (Fsp3) is 0.286. The summed E-state index contributed by atoms with van der Waals surface area (Å²) in [5.74, 6) is 0.270. The van der Waals surface area contributed by atoms with Crippen LogP contribution < -0.4 is 5.32 Å². The van der Waals surface area contributed by atoms with Crippen LogP contribution in [0.25, 0.3) is 0 Å². The molecule has 0 fully saturated rings. The lowest BCUT2D eigenvalue weighted by Crippen LogP contribution is -2.38. The summed E-state index contributed by atoms with van der Waals surface area (Å²) in [7, 11) is 3.58. The molecule has 0 bridgehead atoms. The van der Waals surface area contributed by atoms with Crippen LogP contribution in [0.3, 0.4) is 0 Å². The Labute approximate surface area is 127 Å². The van der Waals surface area contributed by atoms with Gasteiger partial charge in [-0.3, -0.25) is 4.99 Å². The molecule has 0 aliphatic heterocycles. The van der Waals surface area contributed by atoms with Crippen LogP contribution in [0, 0.1) is 5.82 Å². The van der Waals surface area contributed by atoms with Gasteiger partial charge in [0.15, 0.2) is 5.96 Å². The third-order valence-electron chi connectivity index (χ3n) is 2.90. The van der Waals surface area contributed by atoms with E-state index in [9.17, 15) is 4.39 Å². The molecular weight excluding hydrogens is 295 g/mol. The standard InChI is InChI=1S/C14H16ClFN4O/c1-17-14(20(2)9-11-5-6-21-19-11)18-8-10-3-4-13(16)12(15)7-10/h3-7H,8-9H2,1-2H3,(H,17,18). The van der Waals surface area contributed by atoms with Crippen LogP contribution in [0.5, 0.6) is 0 Å². The predicted octanol–water partition coefficient (Wildman–Crippen LogP) is 2.67. The Bertz CT molecular complexity index is 615. The molecule has 0 atom stereocenters. The highest BCUT2D eigenvalue weighted by Gasteiger charge is 2.09. The van der Waals surface area contributed by atoms with Crippen LogP contribution in [0.4, 0.5) is 4.39 Å². The zero-order chi connectivity index (χ0) is 15.2. The first-order valence-corrected chi connectivity index (χ1v) is 6.73. The number of nitrogens with zero attached hydrogens (tertiary/aromatic N) is 3. The van der Waals surface area contributed by atoms with Gasteiger partial charge in [-0.05, 0) is 17.7 Å². The van der Waals surface area contributed by atoms with E-state index in [1.165, 1.54) is 12.3 Å². The summed E-state index contributed by atoms with van der Waals surface area (Å²) in [5, 5.41) is 7.15. The van der Waals surface area contributed by atoms with E-state index in [0.717, 1.165) is 11.3 Å². The summed E-state index contributed by atoms with van der Waals surface area (Å²) in [6.07, 6.45) is 1.53. The van der Waals surface area contributed by atoms with E-state index >= 15 is 0 Å². The molecule has 21 heavy (non-hydrogen) atoms. The normalized spacial score (nSPS) is 11.5. The van der Waals surface area contributed by atoms with Gasteiger partial charge in [0, 0.05) is 26.7 Å². The van der Waals surface area contributed by atoms with Crippen molar-refractivity contribution < 1.29 is 8.91 Å². The number of rotatable bonds is 4. The second-order valence-corrected chi connectivity index (χ2v) is 4.90. The topological polar surface area (TPSA) is 53.7 Å². The third-order valence-corrected chi connectivity index (χ3v) is 3.19. The number of nitrogens with one attached hydrogen (secondary N) is 1. The van der Waals surface area contributed by atoms with Gasteiger partial charge in [0.1, 0.15) is 17.8 Å². The van der Waals surface area contributed by atoms with E-state index in [2.05, 4.69) is 15.5 Å². The maximum atomic E-state index is 13.1. The zero-order valence-corrected chi connectivity index (χ0v) is 12.6. The van der Waals surface area contributed by atoms with Crippen molar-refractivity contribution in [2.45, 2.75) is 13.1 Å². The minimum absolute atomic E-state index is 0.111. The van der Waals surface area contributed by atoms with Crippen molar-refractivity contribution in [3.8, 4) is 0 Å². The second kappa shape index (κ2) is 7.08. The van der Waals surface area contributed by atoms with Gasteiger partial charge in [0.25, 0.3) is 0 Å². The summed E-state index contributed by atoms with van der Waals surface area (Å²) in [4.78, 5) is 6.10. The maximum Gasteiger partial charge on any atom is 0.194 e. The van der Waals surface area contributed by atoms with Crippen LogP contribution in [0.2, 0.25) is 5.02 Å². The minimum Gasteiger partial charge on any atom is -0.364 e. The molecule has 0 unspecified atom stereocenters. The molecule has 0 aliphatic carbocycles. The summed E-state index contributed by atoms with van der Waals surface area (Å²) < 4.78 is 17.9. The molecular formula is C14H16ClFN4O. The Balaban J connectivity index is 1.94. The highest BCUT2D eigenvalue weighted by Crippen LogP contribution is 2.15.